The maximum Gasteiger partial charge on any atom is 0.258 e. The first-order valence-electron chi connectivity index (χ1n) is 26.3. The molecule has 3 aromatic carbocycles. The highest BCUT2D eigenvalue weighted by molar-refractivity contribution is 7.13. The molecule has 2 saturated carbocycles. The lowest BCUT2D eigenvalue weighted by atomic mass is 9.52. The van der Waals surface area contributed by atoms with Crippen LogP contribution in [0.2, 0.25) is 5.02 Å². The third-order valence-electron chi connectivity index (χ3n) is 14.2. The number of nitriles is 1. The summed E-state index contributed by atoms with van der Waals surface area (Å²) in [5, 5.41) is 26.7. The SMILES string of the molecule is CC(C)(C)C(C=O)NC(=O)COc1ccc(OC2CCC(Oc3ccc(C(=O)NC4C(C)(C)CC4(C)C)cc3)CC2)nc1.CN1CCCC1C=O.CNC(C)c1ccc(-c2scnc2C)cc1.N#Cc1ccc(O)cc1Cl. The molecule has 5 aromatic rings. The standard InChI is InChI=1S/C34H47N3O6.C13H16N2S.C7H4ClNO.C6H11NO/c1-32(2,3)27(19-38)36-28(39)20-41-26-16-17-29(35-18-26)43-25-14-12-24(13-15-25)42-23-10-8-22(9-11-23)30(40)37-31-33(4,5)21-34(31,6)7;1-9(14-3)11-4-6-12(7-5-11)13-10(2)15-8-16-13;8-7-3-6(10)2-1-5(7)4-9;1-7-4-2-3-6(7)5-8/h8-11,16-19,24-25,27,31H,12-15,20-21H2,1-7H3,(H,36,39)(H,37,40);4-9,14H,1-3H3;1-3,10H;5-6H,2-4H2,1H3. The summed E-state index contributed by atoms with van der Waals surface area (Å²) in [4.78, 5) is 58.4. The van der Waals surface area contributed by atoms with E-state index in [4.69, 9.17) is 36.2 Å². The normalized spacial score (nSPS) is 19.2. The van der Waals surface area contributed by atoms with E-state index in [0.717, 1.165) is 69.1 Å². The van der Waals surface area contributed by atoms with Crippen molar-refractivity contribution < 1.29 is 38.5 Å². The molecule has 2 amide bonds. The van der Waals surface area contributed by atoms with Crippen LogP contribution in [0.1, 0.15) is 134 Å². The molecule has 3 aliphatic rings. The molecule has 17 heteroatoms. The van der Waals surface area contributed by atoms with E-state index in [-0.39, 0.29) is 69.7 Å². The minimum atomic E-state index is -0.589. The number of phenols is 1. The van der Waals surface area contributed by atoms with E-state index in [9.17, 15) is 19.2 Å². The van der Waals surface area contributed by atoms with Crippen LogP contribution in [0.4, 0.5) is 0 Å². The fourth-order valence-corrected chi connectivity index (χ4v) is 11.0. The van der Waals surface area contributed by atoms with E-state index in [1.54, 1.807) is 23.5 Å². The van der Waals surface area contributed by atoms with Crippen molar-refractivity contribution in [2.75, 3.05) is 27.2 Å². The largest absolute Gasteiger partial charge is 0.508 e. The maximum atomic E-state index is 12.9. The van der Waals surface area contributed by atoms with Crippen molar-refractivity contribution >= 4 is 47.3 Å². The number of aromatic nitrogens is 2. The van der Waals surface area contributed by atoms with Crippen molar-refractivity contribution in [3.63, 3.8) is 0 Å². The molecule has 2 aromatic heterocycles. The number of thiazole rings is 1. The molecule has 15 nitrogen and oxygen atoms in total. The molecule has 0 spiro atoms. The molecule has 8 rings (SSSR count). The lowest BCUT2D eigenvalue weighted by molar-refractivity contribution is -0.127. The second-order valence-corrected chi connectivity index (χ2v) is 23.7. The van der Waals surface area contributed by atoms with E-state index >= 15 is 0 Å². The Labute approximate surface area is 464 Å². The molecule has 4 N–H and O–H groups in total. The van der Waals surface area contributed by atoms with Crippen LogP contribution in [0.15, 0.2) is 90.6 Å². The summed E-state index contributed by atoms with van der Waals surface area (Å²) in [5.41, 5.74) is 6.43. The van der Waals surface area contributed by atoms with Crippen molar-refractivity contribution in [3.05, 3.63) is 118 Å². The quantitative estimate of drug-likeness (QED) is 0.0721. The summed E-state index contributed by atoms with van der Waals surface area (Å²) in [6, 6.07) is 25.8. The number of pyridine rings is 1. The number of nitrogens with zero attached hydrogens (tertiary/aromatic N) is 4. The van der Waals surface area contributed by atoms with Gasteiger partial charge in [-0.3, -0.25) is 14.5 Å². The second kappa shape index (κ2) is 28.3. The Morgan fingerprint density at radius 2 is 1.56 bits per heavy atom. The summed E-state index contributed by atoms with van der Waals surface area (Å²) in [6.45, 7) is 19.5. The number of phenolic OH excluding ortho intramolecular Hbond substituents is 1. The lowest BCUT2D eigenvalue weighted by Gasteiger charge is -2.57. The van der Waals surface area contributed by atoms with Crippen molar-refractivity contribution in [1.29, 1.82) is 5.26 Å². The van der Waals surface area contributed by atoms with Gasteiger partial charge >= 0.3 is 0 Å². The Balaban J connectivity index is 0.000000256. The number of carbonyl (C=O) groups is 4. The number of rotatable bonds is 15. The van der Waals surface area contributed by atoms with Gasteiger partial charge < -0.3 is 44.9 Å². The first-order chi connectivity index (χ1) is 36.5. The Morgan fingerprint density at radius 1 is 0.922 bits per heavy atom. The van der Waals surface area contributed by atoms with Gasteiger partial charge in [0.2, 0.25) is 5.88 Å². The number of likely N-dealkylation sites (tertiary alicyclic amines) is 1. The highest BCUT2D eigenvalue weighted by Gasteiger charge is 2.53. The number of aromatic hydroxyl groups is 1. The van der Waals surface area contributed by atoms with Gasteiger partial charge in [0.1, 0.15) is 42.0 Å². The first kappa shape index (κ1) is 61.5. The average Bonchev–Trinajstić information content (AvgIpc) is 4.06. The maximum absolute atomic E-state index is 12.9. The number of carbonyl (C=O) groups excluding carboxylic acids is 4. The number of benzene rings is 3. The summed E-state index contributed by atoms with van der Waals surface area (Å²) < 4.78 is 17.8. The molecule has 1 aliphatic heterocycles. The summed E-state index contributed by atoms with van der Waals surface area (Å²) in [6.07, 6.45) is 10.1. The highest BCUT2D eigenvalue weighted by atomic mass is 35.5. The monoisotopic (exact) mass is 1090 g/mol. The molecule has 3 fully saturated rings. The Morgan fingerprint density at radius 3 is 2.04 bits per heavy atom. The van der Waals surface area contributed by atoms with Crippen LogP contribution in [-0.4, -0.2) is 102 Å². The minimum Gasteiger partial charge on any atom is -0.508 e. The zero-order chi connectivity index (χ0) is 56.5. The van der Waals surface area contributed by atoms with Crippen molar-refractivity contribution in [2.45, 2.75) is 144 Å². The number of aryl methyl sites for hydroxylation is 1. The van der Waals surface area contributed by atoms with Crippen LogP contribution < -0.4 is 30.2 Å². The van der Waals surface area contributed by atoms with Gasteiger partial charge in [-0.15, -0.1) is 11.3 Å². The molecule has 0 bridgehead atoms. The number of halogens is 1. The summed E-state index contributed by atoms with van der Waals surface area (Å²) in [5.74, 6) is 1.36. The van der Waals surface area contributed by atoms with Crippen molar-refractivity contribution in [2.24, 2.45) is 16.2 Å². The van der Waals surface area contributed by atoms with E-state index in [1.165, 1.54) is 46.8 Å². The van der Waals surface area contributed by atoms with Crippen LogP contribution >= 0.6 is 22.9 Å². The molecular formula is C60H78ClN7O8S. The topological polar surface area (TPSA) is 205 Å². The fourth-order valence-electron chi connectivity index (χ4n) is 9.94. The molecule has 0 radical (unpaired) electrons. The van der Waals surface area contributed by atoms with Gasteiger partial charge in [-0.05, 0) is 155 Å². The number of nitrogens with one attached hydrogen (secondary N) is 3. The molecule has 414 valence electrons. The molecule has 3 unspecified atom stereocenters. The number of hydrogen-bond donors (Lipinski definition) is 4. The average molecular weight is 1090 g/mol. The predicted molar refractivity (Wildman–Crippen MR) is 304 cm³/mol. The number of aldehydes is 2. The van der Waals surface area contributed by atoms with Crippen LogP contribution in [0.3, 0.4) is 0 Å². The van der Waals surface area contributed by atoms with E-state index < -0.39 is 6.04 Å². The van der Waals surface area contributed by atoms with Gasteiger partial charge in [-0.25, -0.2) is 9.97 Å². The van der Waals surface area contributed by atoms with Gasteiger partial charge in [0.05, 0.1) is 51.1 Å². The van der Waals surface area contributed by atoms with Gasteiger partial charge in [-0.1, -0.05) is 84.3 Å². The molecular weight excluding hydrogens is 1010 g/mol. The predicted octanol–water partition coefficient (Wildman–Crippen LogP) is 11.1. The van der Waals surface area contributed by atoms with E-state index in [1.807, 2.05) is 70.7 Å². The van der Waals surface area contributed by atoms with Crippen molar-refractivity contribution in [1.82, 2.24) is 30.8 Å². The third-order valence-corrected chi connectivity index (χ3v) is 15.5. The zero-order valence-corrected chi connectivity index (χ0v) is 48.1. The van der Waals surface area contributed by atoms with Gasteiger partial charge in [0.25, 0.3) is 11.8 Å². The van der Waals surface area contributed by atoms with Gasteiger partial charge in [-0.2, -0.15) is 5.26 Å². The second-order valence-electron chi connectivity index (χ2n) is 22.4. The Bertz CT molecular complexity index is 2720. The molecule has 1 saturated heterocycles. The molecule has 2 aliphatic carbocycles. The van der Waals surface area contributed by atoms with Crippen LogP contribution in [0, 0.1) is 34.5 Å². The molecule has 77 heavy (non-hydrogen) atoms. The van der Waals surface area contributed by atoms with Gasteiger partial charge in [0.15, 0.2) is 6.61 Å². The molecule has 3 heterocycles. The van der Waals surface area contributed by atoms with Crippen LogP contribution in [-0.2, 0) is 14.4 Å². The Hall–Kier alpha value is -6.38. The first-order valence-corrected chi connectivity index (χ1v) is 27.5. The number of ether oxygens (including phenoxy) is 3. The fraction of sp³-hybridized carbons (Fsp3) is 0.483. The van der Waals surface area contributed by atoms with E-state index in [2.05, 4.69) is 96.6 Å². The number of hydrogen-bond acceptors (Lipinski definition) is 14. The number of amides is 2. The van der Waals surface area contributed by atoms with Crippen LogP contribution in [0.25, 0.3) is 10.4 Å². The zero-order valence-electron chi connectivity index (χ0n) is 46.5. The van der Waals surface area contributed by atoms with Crippen molar-refractivity contribution in [3.8, 4) is 39.6 Å². The minimum absolute atomic E-state index is 0.0358. The smallest absolute Gasteiger partial charge is 0.258 e. The van der Waals surface area contributed by atoms with E-state index in [0.29, 0.717) is 28.8 Å². The van der Waals surface area contributed by atoms with Crippen LogP contribution in [0.5, 0.6) is 23.1 Å². The third kappa shape index (κ3) is 18.4. The Kier molecular flexibility index (Phi) is 22.6. The highest BCUT2D eigenvalue weighted by Crippen LogP contribution is 2.53. The molecule has 3 atom stereocenters. The number of likely N-dealkylation sites (N-methyl/N-ethyl adjacent to an activating group) is 1. The van der Waals surface area contributed by atoms with Gasteiger partial charge in [0, 0.05) is 23.7 Å². The summed E-state index contributed by atoms with van der Waals surface area (Å²) >= 11 is 7.24. The lowest BCUT2D eigenvalue weighted by Crippen LogP contribution is -2.63. The summed E-state index contributed by atoms with van der Waals surface area (Å²) in [7, 11) is 3.97.